The Morgan fingerprint density at radius 1 is 1.47 bits per heavy atom. The standard InChI is InChI=1S/C13H21NO/c1-2-9-14-13(11-6-3-4-7-11)12-8-5-10-15-12/h5,8,10-11,13-14H,2-4,6-7,9H2,1H3. The molecule has 1 heterocycles. The molecule has 1 aromatic rings. The van der Waals surface area contributed by atoms with Crippen molar-refractivity contribution in [3.05, 3.63) is 24.2 Å². The third-order valence-electron chi connectivity index (χ3n) is 3.34. The summed E-state index contributed by atoms with van der Waals surface area (Å²) < 4.78 is 5.54. The summed E-state index contributed by atoms with van der Waals surface area (Å²) in [5.74, 6) is 1.90. The van der Waals surface area contributed by atoms with Crippen molar-refractivity contribution in [3.8, 4) is 0 Å². The van der Waals surface area contributed by atoms with Crippen LogP contribution in [0.15, 0.2) is 22.8 Å². The molecule has 0 aliphatic heterocycles. The Balaban J connectivity index is 2.01. The fourth-order valence-corrected chi connectivity index (χ4v) is 2.56. The highest BCUT2D eigenvalue weighted by atomic mass is 16.3. The number of furan rings is 1. The van der Waals surface area contributed by atoms with Gasteiger partial charge in [-0.15, -0.1) is 0 Å². The van der Waals surface area contributed by atoms with Crippen LogP contribution in [-0.4, -0.2) is 6.54 Å². The molecule has 1 N–H and O–H groups in total. The van der Waals surface area contributed by atoms with E-state index in [-0.39, 0.29) is 0 Å². The van der Waals surface area contributed by atoms with E-state index in [2.05, 4.69) is 18.3 Å². The lowest BCUT2D eigenvalue weighted by Gasteiger charge is -2.22. The second-order valence-electron chi connectivity index (χ2n) is 4.49. The van der Waals surface area contributed by atoms with Crippen LogP contribution in [0, 0.1) is 5.92 Å². The van der Waals surface area contributed by atoms with Gasteiger partial charge in [0, 0.05) is 0 Å². The molecule has 0 amide bonds. The van der Waals surface area contributed by atoms with Crippen LogP contribution in [0.4, 0.5) is 0 Å². The summed E-state index contributed by atoms with van der Waals surface area (Å²) in [5, 5.41) is 3.62. The van der Waals surface area contributed by atoms with E-state index in [4.69, 9.17) is 4.42 Å². The van der Waals surface area contributed by atoms with Gasteiger partial charge in [-0.1, -0.05) is 19.8 Å². The van der Waals surface area contributed by atoms with Crippen molar-refractivity contribution in [2.24, 2.45) is 5.92 Å². The first-order valence-corrected chi connectivity index (χ1v) is 6.18. The second kappa shape index (κ2) is 5.36. The normalized spacial score (nSPS) is 19.5. The molecule has 1 unspecified atom stereocenters. The van der Waals surface area contributed by atoms with Gasteiger partial charge in [0.15, 0.2) is 0 Å². The molecule has 2 rings (SSSR count). The molecule has 2 heteroatoms. The van der Waals surface area contributed by atoms with Crippen LogP contribution in [0.5, 0.6) is 0 Å². The molecule has 1 atom stereocenters. The van der Waals surface area contributed by atoms with Crippen LogP contribution in [-0.2, 0) is 0 Å². The lowest BCUT2D eigenvalue weighted by atomic mass is 9.96. The van der Waals surface area contributed by atoms with Gasteiger partial charge in [-0.3, -0.25) is 0 Å². The predicted molar refractivity (Wildman–Crippen MR) is 61.7 cm³/mol. The molecule has 15 heavy (non-hydrogen) atoms. The van der Waals surface area contributed by atoms with E-state index < -0.39 is 0 Å². The zero-order chi connectivity index (χ0) is 10.5. The summed E-state index contributed by atoms with van der Waals surface area (Å²) in [4.78, 5) is 0. The summed E-state index contributed by atoms with van der Waals surface area (Å²) in [6.07, 6.45) is 8.43. The monoisotopic (exact) mass is 207 g/mol. The van der Waals surface area contributed by atoms with Crippen LogP contribution in [0.1, 0.15) is 50.8 Å². The summed E-state index contributed by atoms with van der Waals surface area (Å²) >= 11 is 0. The van der Waals surface area contributed by atoms with Gasteiger partial charge >= 0.3 is 0 Å². The van der Waals surface area contributed by atoms with E-state index in [1.54, 1.807) is 6.26 Å². The molecule has 1 aliphatic carbocycles. The first-order chi connectivity index (χ1) is 7.42. The van der Waals surface area contributed by atoms with Crippen LogP contribution in [0.25, 0.3) is 0 Å². The molecule has 84 valence electrons. The van der Waals surface area contributed by atoms with E-state index in [0.717, 1.165) is 18.2 Å². The summed E-state index contributed by atoms with van der Waals surface area (Å²) in [6.45, 7) is 3.29. The molecular formula is C13H21NO. The first kappa shape index (κ1) is 10.7. The van der Waals surface area contributed by atoms with Crippen molar-refractivity contribution in [2.75, 3.05) is 6.54 Å². The molecule has 1 fully saturated rings. The maximum Gasteiger partial charge on any atom is 0.120 e. The zero-order valence-electron chi connectivity index (χ0n) is 9.54. The number of hydrogen-bond donors (Lipinski definition) is 1. The molecule has 0 aromatic carbocycles. The third-order valence-corrected chi connectivity index (χ3v) is 3.34. The maximum atomic E-state index is 5.54. The van der Waals surface area contributed by atoms with Crippen LogP contribution in [0.2, 0.25) is 0 Å². The summed E-state index contributed by atoms with van der Waals surface area (Å²) in [6, 6.07) is 4.54. The van der Waals surface area contributed by atoms with Gasteiger partial charge in [-0.2, -0.15) is 0 Å². The van der Waals surface area contributed by atoms with Gasteiger partial charge in [0.25, 0.3) is 0 Å². The Labute approximate surface area is 92.1 Å². The maximum absolute atomic E-state index is 5.54. The highest BCUT2D eigenvalue weighted by Gasteiger charge is 2.27. The third kappa shape index (κ3) is 2.63. The highest BCUT2D eigenvalue weighted by molar-refractivity contribution is 5.06. The summed E-state index contributed by atoms with van der Waals surface area (Å²) in [5.41, 5.74) is 0. The Morgan fingerprint density at radius 2 is 2.27 bits per heavy atom. The minimum absolute atomic E-state index is 0.447. The Kier molecular flexibility index (Phi) is 3.84. The molecule has 1 aromatic heterocycles. The molecule has 0 bridgehead atoms. The topological polar surface area (TPSA) is 25.2 Å². The Hall–Kier alpha value is -0.760. The largest absolute Gasteiger partial charge is 0.468 e. The lowest BCUT2D eigenvalue weighted by Crippen LogP contribution is -2.27. The number of hydrogen-bond acceptors (Lipinski definition) is 2. The molecule has 1 saturated carbocycles. The Morgan fingerprint density at radius 3 is 2.87 bits per heavy atom. The van der Waals surface area contributed by atoms with Gasteiger partial charge in [0.1, 0.15) is 5.76 Å². The minimum Gasteiger partial charge on any atom is -0.468 e. The van der Waals surface area contributed by atoms with Gasteiger partial charge in [0.2, 0.25) is 0 Å². The molecular weight excluding hydrogens is 186 g/mol. The van der Waals surface area contributed by atoms with Crippen LogP contribution >= 0.6 is 0 Å². The van der Waals surface area contributed by atoms with Crippen molar-refractivity contribution in [1.29, 1.82) is 0 Å². The lowest BCUT2D eigenvalue weighted by molar-refractivity contribution is 0.313. The first-order valence-electron chi connectivity index (χ1n) is 6.18. The van der Waals surface area contributed by atoms with Crippen molar-refractivity contribution in [3.63, 3.8) is 0 Å². The zero-order valence-corrected chi connectivity index (χ0v) is 9.54. The van der Waals surface area contributed by atoms with E-state index in [1.165, 1.54) is 32.1 Å². The average Bonchev–Trinajstić information content (AvgIpc) is 2.90. The van der Waals surface area contributed by atoms with Gasteiger partial charge in [0.05, 0.1) is 12.3 Å². The number of rotatable bonds is 5. The van der Waals surface area contributed by atoms with Crippen LogP contribution in [0.3, 0.4) is 0 Å². The van der Waals surface area contributed by atoms with Crippen molar-refractivity contribution in [2.45, 2.75) is 45.1 Å². The number of nitrogens with one attached hydrogen (secondary N) is 1. The van der Waals surface area contributed by atoms with E-state index in [9.17, 15) is 0 Å². The average molecular weight is 207 g/mol. The second-order valence-corrected chi connectivity index (χ2v) is 4.49. The van der Waals surface area contributed by atoms with Gasteiger partial charge in [-0.05, 0) is 43.9 Å². The predicted octanol–water partition coefficient (Wildman–Crippen LogP) is 3.51. The molecule has 2 nitrogen and oxygen atoms in total. The van der Waals surface area contributed by atoms with E-state index >= 15 is 0 Å². The van der Waals surface area contributed by atoms with E-state index in [1.807, 2.05) is 6.07 Å². The quantitative estimate of drug-likeness (QED) is 0.799. The SMILES string of the molecule is CCCNC(c1ccco1)C1CCCC1. The highest BCUT2D eigenvalue weighted by Crippen LogP contribution is 2.35. The molecule has 0 radical (unpaired) electrons. The molecule has 0 spiro atoms. The Bertz CT molecular complexity index is 262. The molecule has 0 saturated heterocycles. The van der Waals surface area contributed by atoms with E-state index in [0.29, 0.717) is 6.04 Å². The fraction of sp³-hybridized carbons (Fsp3) is 0.692. The van der Waals surface area contributed by atoms with Gasteiger partial charge in [-0.25, -0.2) is 0 Å². The van der Waals surface area contributed by atoms with Crippen molar-refractivity contribution in [1.82, 2.24) is 5.32 Å². The summed E-state index contributed by atoms with van der Waals surface area (Å²) in [7, 11) is 0. The smallest absolute Gasteiger partial charge is 0.120 e. The van der Waals surface area contributed by atoms with Crippen LogP contribution < -0.4 is 5.32 Å². The fourth-order valence-electron chi connectivity index (χ4n) is 2.56. The van der Waals surface area contributed by atoms with Crippen molar-refractivity contribution >= 4 is 0 Å². The van der Waals surface area contributed by atoms with Gasteiger partial charge < -0.3 is 9.73 Å². The minimum atomic E-state index is 0.447. The molecule has 1 aliphatic rings. The van der Waals surface area contributed by atoms with Crippen molar-refractivity contribution < 1.29 is 4.42 Å².